The van der Waals surface area contributed by atoms with Crippen LogP contribution in [-0.2, 0) is 24.3 Å². The standard InChI is InChI=1S/C25H25N3O4/c1-17-21-9-8-20(31-2)14-23(21)32-25(30)22(17)10-11-24(29)26-15-18-4-6-19(7-5-18)16-28-13-3-12-27-28/h3-9,12-14H,10-11,15-16H2,1-2H3,(H,26,29). The number of nitrogens with one attached hydrogen (secondary N) is 1. The van der Waals surface area contributed by atoms with Gasteiger partial charge in [-0.15, -0.1) is 0 Å². The van der Waals surface area contributed by atoms with Crippen LogP contribution in [0.3, 0.4) is 0 Å². The fourth-order valence-corrected chi connectivity index (χ4v) is 3.66. The van der Waals surface area contributed by atoms with E-state index >= 15 is 0 Å². The predicted molar refractivity (Wildman–Crippen MR) is 122 cm³/mol. The molecule has 32 heavy (non-hydrogen) atoms. The van der Waals surface area contributed by atoms with Gasteiger partial charge in [0.25, 0.3) is 0 Å². The zero-order valence-electron chi connectivity index (χ0n) is 18.1. The molecule has 0 spiro atoms. The fraction of sp³-hybridized carbons (Fsp3) is 0.240. The highest BCUT2D eigenvalue weighted by molar-refractivity contribution is 5.82. The van der Waals surface area contributed by atoms with Gasteiger partial charge in [-0.1, -0.05) is 24.3 Å². The van der Waals surface area contributed by atoms with E-state index in [1.54, 1.807) is 19.4 Å². The monoisotopic (exact) mass is 431 g/mol. The summed E-state index contributed by atoms with van der Waals surface area (Å²) >= 11 is 0. The molecule has 0 fully saturated rings. The lowest BCUT2D eigenvalue weighted by Crippen LogP contribution is -2.24. The molecule has 2 aromatic heterocycles. The van der Waals surface area contributed by atoms with Crippen molar-refractivity contribution < 1.29 is 13.9 Å². The molecule has 0 radical (unpaired) electrons. The molecule has 0 aliphatic heterocycles. The number of benzene rings is 2. The fourth-order valence-electron chi connectivity index (χ4n) is 3.66. The number of hydrogen-bond donors (Lipinski definition) is 1. The van der Waals surface area contributed by atoms with Crippen LogP contribution in [0.4, 0.5) is 0 Å². The first-order chi connectivity index (χ1) is 15.5. The number of aryl methyl sites for hydroxylation is 1. The molecule has 164 valence electrons. The van der Waals surface area contributed by atoms with Gasteiger partial charge in [0, 0.05) is 42.4 Å². The van der Waals surface area contributed by atoms with Crippen molar-refractivity contribution in [2.45, 2.75) is 32.9 Å². The van der Waals surface area contributed by atoms with Crippen molar-refractivity contribution in [3.05, 3.63) is 93.6 Å². The Morgan fingerprint density at radius 1 is 1.16 bits per heavy atom. The molecule has 0 unspecified atom stereocenters. The Morgan fingerprint density at radius 3 is 2.66 bits per heavy atom. The number of carbonyl (C=O) groups is 1. The number of aromatic nitrogens is 2. The van der Waals surface area contributed by atoms with Crippen molar-refractivity contribution >= 4 is 16.9 Å². The van der Waals surface area contributed by atoms with Crippen LogP contribution in [0.5, 0.6) is 5.75 Å². The topological polar surface area (TPSA) is 86.4 Å². The van der Waals surface area contributed by atoms with E-state index in [0.717, 1.165) is 22.1 Å². The third kappa shape index (κ3) is 4.88. The second-order valence-electron chi connectivity index (χ2n) is 7.65. The first-order valence-electron chi connectivity index (χ1n) is 10.5. The van der Waals surface area contributed by atoms with Gasteiger partial charge in [-0.25, -0.2) is 4.79 Å². The number of rotatable bonds is 8. The van der Waals surface area contributed by atoms with Crippen LogP contribution < -0.4 is 15.7 Å². The summed E-state index contributed by atoms with van der Waals surface area (Å²) in [4.78, 5) is 24.8. The summed E-state index contributed by atoms with van der Waals surface area (Å²) in [5, 5.41) is 7.96. The molecular weight excluding hydrogens is 406 g/mol. The molecule has 4 rings (SSSR count). The molecule has 2 aromatic carbocycles. The smallest absolute Gasteiger partial charge is 0.339 e. The number of carbonyl (C=O) groups excluding carboxylic acids is 1. The van der Waals surface area contributed by atoms with Crippen LogP contribution in [-0.4, -0.2) is 22.8 Å². The second kappa shape index (κ2) is 9.51. The average molecular weight is 431 g/mol. The summed E-state index contributed by atoms with van der Waals surface area (Å²) in [5.41, 5.74) is 3.58. The molecule has 0 saturated heterocycles. The largest absolute Gasteiger partial charge is 0.497 e. The van der Waals surface area contributed by atoms with Gasteiger partial charge < -0.3 is 14.5 Å². The van der Waals surface area contributed by atoms with Gasteiger partial charge in [0.2, 0.25) is 5.91 Å². The lowest BCUT2D eigenvalue weighted by atomic mass is 10.0. The minimum absolute atomic E-state index is 0.112. The van der Waals surface area contributed by atoms with Crippen LogP contribution >= 0.6 is 0 Å². The zero-order chi connectivity index (χ0) is 22.5. The molecule has 0 saturated carbocycles. The number of hydrogen-bond acceptors (Lipinski definition) is 5. The zero-order valence-corrected chi connectivity index (χ0v) is 18.1. The number of fused-ring (bicyclic) bond motifs is 1. The van der Waals surface area contributed by atoms with Crippen molar-refractivity contribution in [1.29, 1.82) is 0 Å². The van der Waals surface area contributed by atoms with Crippen molar-refractivity contribution in [1.82, 2.24) is 15.1 Å². The maximum Gasteiger partial charge on any atom is 0.339 e. The van der Waals surface area contributed by atoms with Crippen molar-refractivity contribution in [3.63, 3.8) is 0 Å². The van der Waals surface area contributed by atoms with E-state index in [1.807, 2.05) is 60.3 Å². The van der Waals surface area contributed by atoms with Crippen LogP contribution in [0, 0.1) is 6.92 Å². The summed E-state index contributed by atoms with van der Waals surface area (Å²) in [7, 11) is 1.56. The molecule has 0 bridgehead atoms. The van der Waals surface area contributed by atoms with Crippen molar-refractivity contribution in [2.24, 2.45) is 0 Å². The maximum absolute atomic E-state index is 12.4. The van der Waals surface area contributed by atoms with Gasteiger partial charge >= 0.3 is 5.63 Å². The molecular formula is C25H25N3O4. The quantitative estimate of drug-likeness (QED) is 0.431. The number of amides is 1. The molecule has 4 aromatic rings. The van der Waals surface area contributed by atoms with E-state index in [1.165, 1.54) is 0 Å². The Hall–Kier alpha value is -3.87. The molecule has 0 aliphatic rings. The highest BCUT2D eigenvalue weighted by Gasteiger charge is 2.13. The molecule has 7 heteroatoms. The van der Waals surface area contributed by atoms with Gasteiger partial charge in [-0.3, -0.25) is 9.48 Å². The van der Waals surface area contributed by atoms with E-state index < -0.39 is 5.63 Å². The second-order valence-corrected chi connectivity index (χ2v) is 7.65. The summed E-state index contributed by atoms with van der Waals surface area (Å²) in [6.07, 6.45) is 4.21. The number of nitrogens with zero attached hydrogens (tertiary/aromatic N) is 2. The Kier molecular flexibility index (Phi) is 6.35. The summed E-state index contributed by atoms with van der Waals surface area (Å²) < 4.78 is 12.5. The predicted octanol–water partition coefficient (Wildman–Crippen LogP) is 3.60. The van der Waals surface area contributed by atoms with E-state index in [2.05, 4.69) is 10.4 Å². The summed E-state index contributed by atoms with van der Waals surface area (Å²) in [6.45, 7) is 3.02. The van der Waals surface area contributed by atoms with Crippen molar-refractivity contribution in [2.75, 3.05) is 7.11 Å². The molecule has 1 N–H and O–H groups in total. The Bertz CT molecular complexity index is 1280. The first kappa shape index (κ1) is 21.4. The van der Waals surface area contributed by atoms with E-state index in [9.17, 15) is 9.59 Å². The molecule has 7 nitrogen and oxygen atoms in total. The number of methoxy groups -OCH3 is 1. The third-order valence-electron chi connectivity index (χ3n) is 5.51. The highest BCUT2D eigenvalue weighted by atomic mass is 16.5. The van der Waals surface area contributed by atoms with E-state index in [4.69, 9.17) is 9.15 Å². The van der Waals surface area contributed by atoms with Crippen LogP contribution in [0.1, 0.15) is 28.7 Å². The number of ether oxygens (including phenoxy) is 1. The van der Waals surface area contributed by atoms with E-state index in [-0.39, 0.29) is 12.3 Å². The normalized spacial score (nSPS) is 10.9. The van der Waals surface area contributed by atoms with E-state index in [0.29, 0.717) is 36.4 Å². The summed E-state index contributed by atoms with van der Waals surface area (Å²) in [5.74, 6) is 0.515. The Labute approximate surface area is 185 Å². The van der Waals surface area contributed by atoms with Crippen LogP contribution in [0.25, 0.3) is 11.0 Å². The maximum atomic E-state index is 12.4. The van der Waals surface area contributed by atoms with Crippen LogP contribution in [0.2, 0.25) is 0 Å². The third-order valence-corrected chi connectivity index (χ3v) is 5.51. The molecule has 0 atom stereocenters. The average Bonchev–Trinajstić information content (AvgIpc) is 3.31. The van der Waals surface area contributed by atoms with Gasteiger partial charge in [-0.05, 0) is 48.2 Å². The SMILES string of the molecule is COc1ccc2c(C)c(CCC(=O)NCc3ccc(Cn4cccn4)cc3)c(=O)oc2c1. The van der Waals surface area contributed by atoms with Crippen molar-refractivity contribution in [3.8, 4) is 5.75 Å². The van der Waals surface area contributed by atoms with Gasteiger partial charge in [0.15, 0.2) is 0 Å². The van der Waals surface area contributed by atoms with Gasteiger partial charge in [0.1, 0.15) is 11.3 Å². The highest BCUT2D eigenvalue weighted by Crippen LogP contribution is 2.24. The first-order valence-corrected chi connectivity index (χ1v) is 10.5. The van der Waals surface area contributed by atoms with Gasteiger partial charge in [-0.2, -0.15) is 5.10 Å². The Morgan fingerprint density at radius 2 is 1.94 bits per heavy atom. The molecule has 0 aliphatic carbocycles. The summed E-state index contributed by atoms with van der Waals surface area (Å²) in [6, 6.07) is 15.3. The minimum atomic E-state index is -0.413. The Balaban J connectivity index is 1.34. The lowest BCUT2D eigenvalue weighted by molar-refractivity contribution is -0.121. The minimum Gasteiger partial charge on any atom is -0.497 e. The van der Waals surface area contributed by atoms with Gasteiger partial charge in [0.05, 0.1) is 13.7 Å². The molecule has 1 amide bonds. The molecule has 2 heterocycles. The van der Waals surface area contributed by atoms with Crippen LogP contribution in [0.15, 0.2) is 70.1 Å². The lowest BCUT2D eigenvalue weighted by Gasteiger charge is -2.10.